The van der Waals surface area contributed by atoms with Crippen LogP contribution in [0, 0.1) is 0 Å². The van der Waals surface area contributed by atoms with Crippen LogP contribution in [0.2, 0.25) is 0 Å². The minimum atomic E-state index is 0.0119. The quantitative estimate of drug-likeness (QED) is 0.740. The number of carbonyl (C=O) groups is 1. The number of ether oxygens (including phenoxy) is 1. The lowest BCUT2D eigenvalue weighted by atomic mass is 9.98. The molecule has 0 aliphatic carbocycles. The Morgan fingerprint density at radius 3 is 2.56 bits per heavy atom. The monoisotopic (exact) mass is 255 g/mol. The molecule has 2 N–H and O–H groups in total. The first-order valence-corrected chi connectivity index (χ1v) is 7.02. The summed E-state index contributed by atoms with van der Waals surface area (Å²) in [6.45, 7) is 4.70. The lowest BCUT2D eigenvalue weighted by Crippen LogP contribution is -2.50. The molecule has 2 rings (SSSR count). The van der Waals surface area contributed by atoms with E-state index in [1.54, 1.807) is 7.11 Å². The Hall–Kier alpha value is -0.650. The van der Waals surface area contributed by atoms with Crippen molar-refractivity contribution < 1.29 is 9.53 Å². The van der Waals surface area contributed by atoms with E-state index in [-0.39, 0.29) is 12.5 Å². The van der Waals surface area contributed by atoms with Crippen molar-refractivity contribution >= 4 is 5.91 Å². The highest BCUT2D eigenvalue weighted by atomic mass is 16.5. The average Bonchev–Trinajstić information content (AvgIpc) is 2.41. The highest BCUT2D eigenvalue weighted by Gasteiger charge is 2.26. The van der Waals surface area contributed by atoms with Crippen molar-refractivity contribution in [3.8, 4) is 0 Å². The van der Waals surface area contributed by atoms with Gasteiger partial charge >= 0.3 is 0 Å². The van der Waals surface area contributed by atoms with Gasteiger partial charge in [0.1, 0.15) is 6.61 Å². The van der Waals surface area contributed by atoms with Crippen LogP contribution in [0.5, 0.6) is 0 Å². The number of nitrogens with one attached hydrogen (secondary N) is 2. The van der Waals surface area contributed by atoms with Crippen LogP contribution in [0.15, 0.2) is 0 Å². The highest BCUT2D eigenvalue weighted by Crippen LogP contribution is 2.18. The summed E-state index contributed by atoms with van der Waals surface area (Å²) in [7, 11) is 1.55. The van der Waals surface area contributed by atoms with Crippen LogP contribution in [0.3, 0.4) is 0 Å². The van der Waals surface area contributed by atoms with Gasteiger partial charge in [-0.15, -0.1) is 0 Å². The largest absolute Gasteiger partial charge is 0.375 e. The second-order valence-electron chi connectivity index (χ2n) is 5.29. The van der Waals surface area contributed by atoms with Gasteiger partial charge < -0.3 is 20.3 Å². The van der Waals surface area contributed by atoms with Gasteiger partial charge in [-0.05, 0) is 38.8 Å². The van der Waals surface area contributed by atoms with E-state index in [4.69, 9.17) is 4.74 Å². The molecule has 2 aliphatic heterocycles. The molecule has 0 aromatic heterocycles. The maximum absolute atomic E-state index is 11.4. The lowest BCUT2D eigenvalue weighted by Gasteiger charge is -2.39. The molecule has 2 aliphatic rings. The fraction of sp³-hybridized carbons (Fsp3) is 0.923. The predicted molar refractivity (Wildman–Crippen MR) is 70.5 cm³/mol. The Labute approximate surface area is 109 Å². The molecule has 0 atom stereocenters. The van der Waals surface area contributed by atoms with Gasteiger partial charge in [0.15, 0.2) is 0 Å². The molecule has 0 bridgehead atoms. The molecule has 5 nitrogen and oxygen atoms in total. The molecule has 2 fully saturated rings. The smallest absolute Gasteiger partial charge is 0.246 e. The van der Waals surface area contributed by atoms with Gasteiger partial charge in [0.25, 0.3) is 0 Å². The minimum Gasteiger partial charge on any atom is -0.375 e. The standard InChI is InChI=1S/C13H25N3O2/c1-18-10-13(17)15-11-4-8-16(9-5-11)12-2-6-14-7-3-12/h11-12,14H,2-10H2,1H3,(H,15,17). The van der Waals surface area contributed by atoms with E-state index in [0.717, 1.165) is 45.1 Å². The predicted octanol–water partition coefficient (Wildman–Crippen LogP) is -0.0346. The van der Waals surface area contributed by atoms with Crippen molar-refractivity contribution in [2.75, 3.05) is 39.9 Å². The normalized spacial score (nSPS) is 24.1. The maximum Gasteiger partial charge on any atom is 0.246 e. The minimum absolute atomic E-state index is 0.0119. The highest BCUT2D eigenvalue weighted by molar-refractivity contribution is 5.77. The number of hydrogen-bond acceptors (Lipinski definition) is 4. The number of amides is 1. The molecule has 0 radical (unpaired) electrons. The van der Waals surface area contributed by atoms with E-state index in [2.05, 4.69) is 15.5 Å². The molecule has 0 saturated carbocycles. The van der Waals surface area contributed by atoms with Crippen molar-refractivity contribution in [1.29, 1.82) is 0 Å². The zero-order valence-electron chi connectivity index (χ0n) is 11.3. The van der Waals surface area contributed by atoms with Gasteiger partial charge in [0.05, 0.1) is 0 Å². The van der Waals surface area contributed by atoms with Crippen molar-refractivity contribution in [3.63, 3.8) is 0 Å². The van der Waals surface area contributed by atoms with Gasteiger partial charge in [-0.3, -0.25) is 4.79 Å². The zero-order chi connectivity index (χ0) is 12.8. The first-order chi connectivity index (χ1) is 8.79. The lowest BCUT2D eigenvalue weighted by molar-refractivity contribution is -0.125. The molecular weight excluding hydrogens is 230 g/mol. The van der Waals surface area contributed by atoms with Crippen molar-refractivity contribution in [3.05, 3.63) is 0 Å². The van der Waals surface area contributed by atoms with Gasteiger partial charge in [0.2, 0.25) is 5.91 Å². The number of rotatable bonds is 4. The molecule has 104 valence electrons. The molecule has 18 heavy (non-hydrogen) atoms. The molecule has 0 unspecified atom stereocenters. The van der Waals surface area contributed by atoms with E-state index in [1.165, 1.54) is 12.8 Å². The van der Waals surface area contributed by atoms with Gasteiger partial charge in [-0.25, -0.2) is 0 Å². The topological polar surface area (TPSA) is 53.6 Å². The number of carbonyl (C=O) groups excluding carboxylic acids is 1. The fourth-order valence-electron chi connectivity index (χ4n) is 2.98. The summed E-state index contributed by atoms with van der Waals surface area (Å²) in [4.78, 5) is 14.0. The first kappa shape index (κ1) is 13.8. The molecule has 0 spiro atoms. The summed E-state index contributed by atoms with van der Waals surface area (Å²) in [6, 6.07) is 1.09. The Kier molecular flexibility index (Phi) is 5.41. The number of nitrogens with zero attached hydrogens (tertiary/aromatic N) is 1. The van der Waals surface area contributed by atoms with Crippen molar-refractivity contribution in [1.82, 2.24) is 15.5 Å². The van der Waals surface area contributed by atoms with Crippen LogP contribution in [0.1, 0.15) is 25.7 Å². The van der Waals surface area contributed by atoms with E-state index in [0.29, 0.717) is 6.04 Å². The Morgan fingerprint density at radius 1 is 1.28 bits per heavy atom. The average molecular weight is 255 g/mol. The Bertz CT molecular complexity index is 259. The van der Waals surface area contributed by atoms with E-state index >= 15 is 0 Å². The van der Waals surface area contributed by atoms with Crippen LogP contribution in [-0.2, 0) is 9.53 Å². The van der Waals surface area contributed by atoms with E-state index in [9.17, 15) is 4.79 Å². The second kappa shape index (κ2) is 7.07. The van der Waals surface area contributed by atoms with Crippen LogP contribution >= 0.6 is 0 Å². The summed E-state index contributed by atoms with van der Waals surface area (Å²) < 4.78 is 4.83. The number of methoxy groups -OCH3 is 1. The van der Waals surface area contributed by atoms with E-state index < -0.39 is 0 Å². The number of hydrogen-bond donors (Lipinski definition) is 2. The number of likely N-dealkylation sites (tertiary alicyclic amines) is 1. The van der Waals surface area contributed by atoms with Crippen LogP contribution in [0.25, 0.3) is 0 Å². The molecule has 2 heterocycles. The molecule has 1 amide bonds. The third kappa shape index (κ3) is 3.93. The SMILES string of the molecule is COCC(=O)NC1CCN(C2CCNCC2)CC1. The molecule has 2 saturated heterocycles. The van der Waals surface area contributed by atoms with E-state index in [1.807, 2.05) is 0 Å². The van der Waals surface area contributed by atoms with Crippen LogP contribution in [-0.4, -0.2) is 62.8 Å². The Morgan fingerprint density at radius 2 is 1.94 bits per heavy atom. The summed E-state index contributed by atoms with van der Waals surface area (Å²) in [5, 5.41) is 6.45. The summed E-state index contributed by atoms with van der Waals surface area (Å²) in [6.07, 6.45) is 4.67. The molecule has 0 aromatic carbocycles. The van der Waals surface area contributed by atoms with Gasteiger partial charge in [-0.1, -0.05) is 0 Å². The molecular formula is C13H25N3O2. The Balaban J connectivity index is 1.69. The van der Waals surface area contributed by atoms with Gasteiger partial charge in [0, 0.05) is 32.3 Å². The third-order valence-electron chi connectivity index (χ3n) is 4.00. The van der Waals surface area contributed by atoms with Crippen molar-refractivity contribution in [2.45, 2.75) is 37.8 Å². The zero-order valence-corrected chi connectivity index (χ0v) is 11.3. The van der Waals surface area contributed by atoms with Crippen molar-refractivity contribution in [2.24, 2.45) is 0 Å². The number of piperidine rings is 2. The fourth-order valence-corrected chi connectivity index (χ4v) is 2.98. The summed E-state index contributed by atoms with van der Waals surface area (Å²) in [5.41, 5.74) is 0. The van der Waals surface area contributed by atoms with Crippen LogP contribution < -0.4 is 10.6 Å². The summed E-state index contributed by atoms with van der Waals surface area (Å²) in [5.74, 6) is 0.0119. The first-order valence-electron chi connectivity index (χ1n) is 7.02. The maximum atomic E-state index is 11.4. The third-order valence-corrected chi connectivity index (χ3v) is 4.00. The molecule has 0 aromatic rings. The van der Waals surface area contributed by atoms with Crippen LogP contribution in [0.4, 0.5) is 0 Å². The summed E-state index contributed by atoms with van der Waals surface area (Å²) >= 11 is 0. The second-order valence-corrected chi connectivity index (χ2v) is 5.29. The molecule has 5 heteroatoms. The van der Waals surface area contributed by atoms with Gasteiger partial charge in [-0.2, -0.15) is 0 Å².